The highest BCUT2D eigenvalue weighted by molar-refractivity contribution is 6.32. The van der Waals surface area contributed by atoms with Crippen molar-refractivity contribution in [1.29, 1.82) is 0 Å². The van der Waals surface area contributed by atoms with Crippen molar-refractivity contribution in [1.82, 2.24) is 9.97 Å². The van der Waals surface area contributed by atoms with E-state index in [0.717, 1.165) is 5.56 Å². The van der Waals surface area contributed by atoms with Gasteiger partial charge in [-0.25, -0.2) is 9.78 Å². The molecule has 0 spiro atoms. The molecule has 17 heavy (non-hydrogen) atoms. The lowest BCUT2D eigenvalue weighted by molar-refractivity contribution is 0.0600. The van der Waals surface area contributed by atoms with Crippen molar-refractivity contribution in [3.63, 3.8) is 0 Å². The van der Waals surface area contributed by atoms with Gasteiger partial charge in [-0.2, -0.15) is 0 Å². The van der Waals surface area contributed by atoms with Crippen LogP contribution in [0.1, 0.15) is 10.4 Å². The molecule has 0 fully saturated rings. The Morgan fingerprint density at radius 3 is 2.76 bits per heavy atom. The zero-order valence-corrected chi connectivity index (χ0v) is 9.81. The van der Waals surface area contributed by atoms with Crippen LogP contribution in [0.15, 0.2) is 36.7 Å². The van der Waals surface area contributed by atoms with E-state index >= 15 is 0 Å². The van der Waals surface area contributed by atoms with Crippen molar-refractivity contribution in [3.05, 3.63) is 47.4 Å². The Morgan fingerprint density at radius 2 is 2.18 bits per heavy atom. The molecule has 2 aromatic rings. The summed E-state index contributed by atoms with van der Waals surface area (Å²) in [5, 5.41) is 0.123. The van der Waals surface area contributed by atoms with Crippen LogP contribution in [0.2, 0.25) is 5.15 Å². The van der Waals surface area contributed by atoms with Crippen LogP contribution in [0.5, 0.6) is 0 Å². The number of nitrogens with zero attached hydrogens (tertiary/aromatic N) is 2. The summed E-state index contributed by atoms with van der Waals surface area (Å²) in [6.45, 7) is 0. The predicted octanol–water partition coefficient (Wildman–Crippen LogP) is 2.58. The fourth-order valence-corrected chi connectivity index (χ4v) is 1.60. The maximum Gasteiger partial charge on any atom is 0.341 e. The molecule has 0 atom stereocenters. The van der Waals surface area contributed by atoms with Crippen LogP contribution >= 0.6 is 11.6 Å². The number of methoxy groups -OCH3 is 1. The third kappa shape index (κ3) is 2.42. The van der Waals surface area contributed by atoms with Crippen molar-refractivity contribution in [2.45, 2.75) is 0 Å². The van der Waals surface area contributed by atoms with E-state index in [2.05, 4.69) is 14.7 Å². The van der Waals surface area contributed by atoms with Gasteiger partial charge < -0.3 is 4.74 Å². The Bertz CT molecular complexity index is 543. The third-order valence-electron chi connectivity index (χ3n) is 2.21. The highest BCUT2D eigenvalue weighted by Crippen LogP contribution is 2.21. The van der Waals surface area contributed by atoms with E-state index in [9.17, 15) is 4.79 Å². The second kappa shape index (κ2) is 4.93. The van der Waals surface area contributed by atoms with Gasteiger partial charge in [0.2, 0.25) is 0 Å². The number of carbonyl (C=O) groups is 1. The summed E-state index contributed by atoms with van der Waals surface area (Å²) in [5.74, 6) is -0.500. The van der Waals surface area contributed by atoms with Gasteiger partial charge in [-0.1, -0.05) is 11.6 Å². The SMILES string of the molecule is COC(=O)c1ccc(-c2cccnc2)nc1Cl. The molecular weight excluding hydrogens is 240 g/mol. The van der Waals surface area contributed by atoms with E-state index in [-0.39, 0.29) is 10.7 Å². The molecule has 0 aliphatic rings. The lowest BCUT2D eigenvalue weighted by atomic mass is 10.1. The Balaban J connectivity index is 2.41. The molecule has 0 saturated carbocycles. The van der Waals surface area contributed by atoms with Gasteiger partial charge in [0.1, 0.15) is 5.15 Å². The Morgan fingerprint density at radius 1 is 1.35 bits per heavy atom. The predicted molar refractivity (Wildman–Crippen MR) is 63.8 cm³/mol. The maximum atomic E-state index is 11.3. The third-order valence-corrected chi connectivity index (χ3v) is 2.50. The van der Waals surface area contributed by atoms with E-state index in [1.165, 1.54) is 7.11 Å². The average Bonchev–Trinajstić information content (AvgIpc) is 2.39. The summed E-state index contributed by atoms with van der Waals surface area (Å²) >= 11 is 5.92. The van der Waals surface area contributed by atoms with E-state index < -0.39 is 5.97 Å². The highest BCUT2D eigenvalue weighted by Gasteiger charge is 2.12. The molecule has 0 saturated heterocycles. The molecule has 0 amide bonds. The summed E-state index contributed by atoms with van der Waals surface area (Å²) in [7, 11) is 1.30. The quantitative estimate of drug-likeness (QED) is 0.606. The molecular formula is C12H9ClN2O2. The molecule has 2 aromatic heterocycles. The number of pyridine rings is 2. The number of esters is 1. The second-order valence-corrected chi connectivity index (χ2v) is 3.63. The first-order valence-corrected chi connectivity index (χ1v) is 5.25. The first-order valence-electron chi connectivity index (χ1n) is 4.87. The van der Waals surface area contributed by atoms with Crippen LogP contribution in [0, 0.1) is 0 Å². The number of hydrogen-bond acceptors (Lipinski definition) is 4. The lowest BCUT2D eigenvalue weighted by Gasteiger charge is -2.04. The number of rotatable bonds is 2. The summed E-state index contributed by atoms with van der Waals surface area (Å²) in [4.78, 5) is 19.4. The zero-order chi connectivity index (χ0) is 12.3. The molecule has 0 aliphatic carbocycles. The topological polar surface area (TPSA) is 52.1 Å². The van der Waals surface area contributed by atoms with Gasteiger partial charge in [0, 0.05) is 18.0 Å². The maximum absolute atomic E-state index is 11.3. The van der Waals surface area contributed by atoms with Crippen LogP contribution < -0.4 is 0 Å². The van der Waals surface area contributed by atoms with Gasteiger partial charge in [-0.05, 0) is 24.3 Å². The molecule has 5 heteroatoms. The van der Waals surface area contributed by atoms with Gasteiger partial charge in [0.15, 0.2) is 0 Å². The van der Waals surface area contributed by atoms with Gasteiger partial charge in [0.25, 0.3) is 0 Å². The van der Waals surface area contributed by atoms with Gasteiger partial charge >= 0.3 is 5.97 Å². The number of carbonyl (C=O) groups excluding carboxylic acids is 1. The minimum Gasteiger partial charge on any atom is -0.465 e. The number of halogens is 1. The summed E-state index contributed by atoms with van der Waals surface area (Å²) in [6.07, 6.45) is 3.35. The fraction of sp³-hybridized carbons (Fsp3) is 0.0833. The normalized spacial score (nSPS) is 10.0. The van der Waals surface area contributed by atoms with Crippen molar-refractivity contribution >= 4 is 17.6 Å². The molecule has 0 radical (unpaired) electrons. The van der Waals surface area contributed by atoms with Crippen molar-refractivity contribution in [2.24, 2.45) is 0 Å². The van der Waals surface area contributed by atoms with Crippen molar-refractivity contribution in [3.8, 4) is 11.3 Å². The van der Waals surface area contributed by atoms with E-state index in [4.69, 9.17) is 11.6 Å². The molecule has 0 aliphatic heterocycles. The smallest absolute Gasteiger partial charge is 0.341 e. The standard InChI is InChI=1S/C12H9ClN2O2/c1-17-12(16)9-4-5-10(15-11(9)13)8-3-2-6-14-7-8/h2-7H,1H3. The summed E-state index contributed by atoms with van der Waals surface area (Å²) < 4.78 is 4.59. The van der Waals surface area contributed by atoms with Crippen molar-refractivity contribution in [2.75, 3.05) is 7.11 Å². The highest BCUT2D eigenvalue weighted by atomic mass is 35.5. The minimum absolute atomic E-state index is 0.123. The van der Waals surface area contributed by atoms with E-state index in [1.807, 2.05) is 6.07 Å². The number of ether oxygens (including phenoxy) is 1. The van der Waals surface area contributed by atoms with Crippen molar-refractivity contribution < 1.29 is 9.53 Å². The lowest BCUT2D eigenvalue weighted by Crippen LogP contribution is -2.03. The molecule has 0 N–H and O–H groups in total. The van der Waals surface area contributed by atoms with E-state index in [1.54, 1.807) is 30.6 Å². The monoisotopic (exact) mass is 248 g/mol. The molecule has 0 aromatic carbocycles. The number of aromatic nitrogens is 2. The fourth-order valence-electron chi connectivity index (χ4n) is 1.37. The molecule has 86 valence electrons. The molecule has 2 rings (SSSR count). The first kappa shape index (κ1) is 11.5. The van der Waals surface area contributed by atoms with Crippen LogP contribution in [0.3, 0.4) is 0 Å². The molecule has 4 nitrogen and oxygen atoms in total. The van der Waals surface area contributed by atoms with Crippen LogP contribution in [-0.4, -0.2) is 23.0 Å². The Kier molecular flexibility index (Phi) is 3.35. The molecule has 0 bridgehead atoms. The van der Waals surface area contributed by atoms with Gasteiger partial charge in [-0.15, -0.1) is 0 Å². The van der Waals surface area contributed by atoms with Crippen LogP contribution in [0.4, 0.5) is 0 Å². The van der Waals surface area contributed by atoms with Gasteiger partial charge in [0.05, 0.1) is 18.4 Å². The van der Waals surface area contributed by atoms with Gasteiger partial charge in [-0.3, -0.25) is 4.98 Å². The minimum atomic E-state index is -0.500. The summed E-state index contributed by atoms with van der Waals surface area (Å²) in [6, 6.07) is 6.96. The first-order chi connectivity index (χ1) is 8.22. The van der Waals surface area contributed by atoms with E-state index in [0.29, 0.717) is 5.69 Å². The zero-order valence-electron chi connectivity index (χ0n) is 9.05. The average molecular weight is 249 g/mol. The van der Waals surface area contributed by atoms with Crippen LogP contribution in [0.25, 0.3) is 11.3 Å². The van der Waals surface area contributed by atoms with Crippen LogP contribution in [-0.2, 0) is 4.74 Å². The summed E-state index contributed by atoms with van der Waals surface area (Å²) in [5.41, 5.74) is 1.75. The Hall–Kier alpha value is -1.94. The molecule has 0 unspecified atom stereocenters. The molecule has 2 heterocycles. The Labute approximate surface area is 103 Å². The second-order valence-electron chi connectivity index (χ2n) is 3.27. The number of hydrogen-bond donors (Lipinski definition) is 0. The largest absolute Gasteiger partial charge is 0.465 e.